The molecule has 112 valence electrons. The zero-order valence-electron chi connectivity index (χ0n) is 12.8. The van der Waals surface area contributed by atoms with Gasteiger partial charge in [-0.2, -0.15) is 0 Å². The summed E-state index contributed by atoms with van der Waals surface area (Å²) < 4.78 is 10.7. The zero-order chi connectivity index (χ0) is 14.4. The smallest absolute Gasteiger partial charge is 0.122 e. The fraction of sp³-hybridized carbons (Fsp3) is 0.625. The van der Waals surface area contributed by atoms with Crippen LogP contribution < -0.4 is 14.8 Å². The van der Waals surface area contributed by atoms with Gasteiger partial charge in [0.05, 0.1) is 14.2 Å². The monoisotopic (exact) mass is 278 g/mol. The van der Waals surface area contributed by atoms with Crippen LogP contribution in [0, 0.1) is 0 Å². The summed E-state index contributed by atoms with van der Waals surface area (Å²) in [7, 11) is 3.39. The van der Waals surface area contributed by atoms with Crippen LogP contribution in [0.2, 0.25) is 0 Å². The Labute approximate surface area is 122 Å². The van der Waals surface area contributed by atoms with E-state index in [1.54, 1.807) is 14.2 Å². The molecule has 0 aliphatic carbocycles. The summed E-state index contributed by atoms with van der Waals surface area (Å²) in [6.45, 7) is 6.48. The number of rotatable bonds is 6. The van der Waals surface area contributed by atoms with Gasteiger partial charge in [-0.25, -0.2) is 0 Å². The van der Waals surface area contributed by atoms with E-state index in [9.17, 15) is 0 Å². The van der Waals surface area contributed by atoms with Gasteiger partial charge in [0.15, 0.2) is 0 Å². The predicted molar refractivity (Wildman–Crippen MR) is 81.5 cm³/mol. The molecule has 1 aromatic carbocycles. The minimum atomic E-state index is 0.631. The van der Waals surface area contributed by atoms with Gasteiger partial charge in [-0.15, -0.1) is 0 Å². The molecule has 0 radical (unpaired) electrons. The van der Waals surface area contributed by atoms with Crippen LogP contribution in [-0.2, 0) is 6.54 Å². The maximum Gasteiger partial charge on any atom is 0.122 e. The molecule has 0 saturated carbocycles. The molecule has 1 atom stereocenters. The first-order valence-electron chi connectivity index (χ1n) is 7.43. The van der Waals surface area contributed by atoms with Gasteiger partial charge < -0.3 is 14.8 Å². The van der Waals surface area contributed by atoms with Crippen molar-refractivity contribution in [1.82, 2.24) is 10.2 Å². The van der Waals surface area contributed by atoms with Crippen molar-refractivity contribution in [1.29, 1.82) is 0 Å². The average molecular weight is 278 g/mol. The zero-order valence-corrected chi connectivity index (χ0v) is 12.8. The maximum absolute atomic E-state index is 5.35. The van der Waals surface area contributed by atoms with E-state index in [1.165, 1.54) is 18.4 Å². The topological polar surface area (TPSA) is 33.7 Å². The van der Waals surface area contributed by atoms with Crippen molar-refractivity contribution >= 4 is 0 Å². The highest BCUT2D eigenvalue weighted by Gasteiger charge is 2.20. The minimum Gasteiger partial charge on any atom is -0.497 e. The van der Waals surface area contributed by atoms with Crippen molar-refractivity contribution in [2.45, 2.75) is 32.4 Å². The van der Waals surface area contributed by atoms with Crippen molar-refractivity contribution < 1.29 is 9.47 Å². The van der Waals surface area contributed by atoms with Gasteiger partial charge in [-0.05, 0) is 43.6 Å². The van der Waals surface area contributed by atoms with Crippen LogP contribution in [0.25, 0.3) is 0 Å². The highest BCUT2D eigenvalue weighted by molar-refractivity contribution is 5.38. The van der Waals surface area contributed by atoms with Crippen molar-refractivity contribution in [3.63, 3.8) is 0 Å². The second-order valence-electron chi connectivity index (χ2n) is 5.28. The summed E-state index contributed by atoms with van der Waals surface area (Å²) in [5.74, 6) is 1.72. The largest absolute Gasteiger partial charge is 0.497 e. The molecular formula is C16H26N2O2. The summed E-state index contributed by atoms with van der Waals surface area (Å²) >= 11 is 0. The fourth-order valence-electron chi connectivity index (χ4n) is 2.84. The Morgan fingerprint density at radius 2 is 1.90 bits per heavy atom. The van der Waals surface area contributed by atoms with E-state index < -0.39 is 0 Å². The summed E-state index contributed by atoms with van der Waals surface area (Å²) in [6.07, 6.45) is 2.55. The van der Waals surface area contributed by atoms with E-state index in [4.69, 9.17) is 9.47 Å². The van der Waals surface area contributed by atoms with Crippen LogP contribution in [0.4, 0.5) is 0 Å². The van der Waals surface area contributed by atoms with Gasteiger partial charge >= 0.3 is 0 Å². The van der Waals surface area contributed by atoms with Gasteiger partial charge in [0, 0.05) is 25.2 Å². The normalized spacial score (nSPS) is 19.1. The molecule has 0 aromatic heterocycles. The Balaban J connectivity index is 2.09. The van der Waals surface area contributed by atoms with E-state index in [0.29, 0.717) is 6.04 Å². The number of benzene rings is 1. The number of piperidine rings is 1. The van der Waals surface area contributed by atoms with Crippen LogP contribution in [0.5, 0.6) is 11.5 Å². The Bertz CT molecular complexity index is 395. The summed E-state index contributed by atoms with van der Waals surface area (Å²) in [4.78, 5) is 2.53. The third-order valence-corrected chi connectivity index (χ3v) is 3.99. The van der Waals surface area contributed by atoms with Crippen LogP contribution in [0.15, 0.2) is 18.2 Å². The van der Waals surface area contributed by atoms with Gasteiger partial charge in [-0.1, -0.05) is 6.92 Å². The second kappa shape index (κ2) is 7.50. The summed E-state index contributed by atoms with van der Waals surface area (Å²) in [5.41, 5.74) is 1.24. The number of hydrogen-bond acceptors (Lipinski definition) is 4. The number of likely N-dealkylation sites (N-methyl/N-ethyl adjacent to an activating group) is 1. The van der Waals surface area contributed by atoms with Crippen LogP contribution in [0.1, 0.15) is 25.3 Å². The van der Waals surface area contributed by atoms with E-state index >= 15 is 0 Å². The molecule has 4 nitrogen and oxygen atoms in total. The van der Waals surface area contributed by atoms with Crippen LogP contribution in [0.3, 0.4) is 0 Å². The quantitative estimate of drug-likeness (QED) is 0.865. The standard InChI is InChI=1S/C16H26N2O2/c1-4-18(14-6-5-7-17-11-14)12-13-8-15(19-2)10-16(9-13)20-3/h8-10,14,17H,4-7,11-12H2,1-3H3. The van der Waals surface area contributed by atoms with Crippen LogP contribution >= 0.6 is 0 Å². The molecule has 4 heteroatoms. The molecule has 1 heterocycles. The highest BCUT2D eigenvalue weighted by Crippen LogP contribution is 2.24. The molecule has 1 N–H and O–H groups in total. The minimum absolute atomic E-state index is 0.631. The lowest BCUT2D eigenvalue weighted by Gasteiger charge is -2.34. The number of nitrogens with one attached hydrogen (secondary N) is 1. The SMILES string of the molecule is CCN(Cc1cc(OC)cc(OC)c1)C1CCCNC1. The van der Waals surface area contributed by atoms with Gasteiger partial charge in [-0.3, -0.25) is 4.90 Å². The number of ether oxygens (including phenoxy) is 2. The van der Waals surface area contributed by atoms with E-state index in [-0.39, 0.29) is 0 Å². The highest BCUT2D eigenvalue weighted by atomic mass is 16.5. The lowest BCUT2D eigenvalue weighted by molar-refractivity contribution is 0.166. The Kier molecular flexibility index (Phi) is 5.68. The van der Waals surface area contributed by atoms with E-state index in [2.05, 4.69) is 29.3 Å². The van der Waals surface area contributed by atoms with Crippen molar-refractivity contribution in [2.24, 2.45) is 0 Å². The fourth-order valence-corrected chi connectivity index (χ4v) is 2.84. The van der Waals surface area contributed by atoms with Crippen molar-refractivity contribution in [3.05, 3.63) is 23.8 Å². The molecule has 0 amide bonds. The predicted octanol–water partition coefficient (Wildman–Crippen LogP) is 2.28. The molecule has 1 aliphatic heterocycles. The molecule has 0 spiro atoms. The molecule has 1 unspecified atom stereocenters. The summed E-state index contributed by atoms with van der Waals surface area (Å²) in [5, 5.41) is 3.49. The summed E-state index contributed by atoms with van der Waals surface area (Å²) in [6, 6.07) is 6.75. The van der Waals surface area contributed by atoms with Crippen molar-refractivity contribution in [3.8, 4) is 11.5 Å². The van der Waals surface area contributed by atoms with Gasteiger partial charge in [0.25, 0.3) is 0 Å². The van der Waals surface area contributed by atoms with E-state index in [1.807, 2.05) is 6.07 Å². The number of nitrogens with zero attached hydrogens (tertiary/aromatic N) is 1. The molecule has 1 aromatic rings. The van der Waals surface area contributed by atoms with Gasteiger partial charge in [0.2, 0.25) is 0 Å². The van der Waals surface area contributed by atoms with Crippen molar-refractivity contribution in [2.75, 3.05) is 33.9 Å². The Morgan fingerprint density at radius 3 is 2.40 bits per heavy atom. The first-order valence-corrected chi connectivity index (χ1v) is 7.43. The molecular weight excluding hydrogens is 252 g/mol. The van der Waals surface area contributed by atoms with Gasteiger partial charge in [0.1, 0.15) is 11.5 Å². The second-order valence-corrected chi connectivity index (χ2v) is 5.28. The molecule has 0 bridgehead atoms. The third-order valence-electron chi connectivity index (χ3n) is 3.99. The molecule has 2 rings (SSSR count). The lowest BCUT2D eigenvalue weighted by Crippen LogP contribution is -2.45. The van der Waals surface area contributed by atoms with Crippen LogP contribution in [-0.4, -0.2) is 44.8 Å². The number of hydrogen-bond donors (Lipinski definition) is 1. The lowest BCUT2D eigenvalue weighted by atomic mass is 10.0. The Morgan fingerprint density at radius 1 is 1.20 bits per heavy atom. The first-order chi connectivity index (χ1) is 9.76. The molecule has 1 aliphatic rings. The molecule has 1 saturated heterocycles. The average Bonchev–Trinajstić information content (AvgIpc) is 2.53. The Hall–Kier alpha value is -1.26. The molecule has 20 heavy (non-hydrogen) atoms. The maximum atomic E-state index is 5.35. The first kappa shape index (κ1) is 15.1. The van der Waals surface area contributed by atoms with E-state index in [0.717, 1.165) is 37.7 Å². The third kappa shape index (κ3) is 3.87. The molecule has 1 fully saturated rings. The number of methoxy groups -OCH3 is 2.